The van der Waals surface area contributed by atoms with Crippen LogP contribution in [0.5, 0.6) is 11.5 Å². The molecule has 0 aliphatic heterocycles. The number of phenolic OH excluding ortho intramolecular Hbond substituents is 1. The summed E-state index contributed by atoms with van der Waals surface area (Å²) >= 11 is 0. The number of hydrazone groups is 1. The van der Waals surface area contributed by atoms with Crippen molar-refractivity contribution in [1.82, 2.24) is 5.43 Å². The van der Waals surface area contributed by atoms with Gasteiger partial charge in [0.05, 0.1) is 11.1 Å². The summed E-state index contributed by atoms with van der Waals surface area (Å²) in [5, 5.41) is 24.3. The molecule has 148 valence electrons. The minimum atomic E-state index is -0.575. The number of aryl methyl sites for hydroxylation is 1. The summed E-state index contributed by atoms with van der Waals surface area (Å²) in [5.41, 5.74) is 3.52. The van der Waals surface area contributed by atoms with Gasteiger partial charge in [-0.2, -0.15) is 5.10 Å². The monoisotopic (exact) mass is 395 g/mol. The maximum Gasteiger partial charge on any atom is 0.311 e. The first-order valence-corrected chi connectivity index (χ1v) is 8.51. The van der Waals surface area contributed by atoms with Crippen LogP contribution in [-0.4, -0.2) is 22.2 Å². The van der Waals surface area contributed by atoms with Gasteiger partial charge in [-0.25, -0.2) is 5.43 Å². The number of nitrogens with zero attached hydrogens (tertiary/aromatic N) is 2. The van der Waals surface area contributed by atoms with Gasteiger partial charge in [0.1, 0.15) is 18.1 Å². The normalized spacial score (nSPS) is 10.8. The summed E-state index contributed by atoms with van der Waals surface area (Å²) in [6, 6.07) is 14.0. The average Bonchev–Trinajstić information content (AvgIpc) is 3.16. The Bertz CT molecular complexity index is 1070. The van der Waals surface area contributed by atoms with Crippen LogP contribution >= 0.6 is 0 Å². The SMILES string of the molecule is Cc1ccc(OCc2ccc(C(=O)N/N=C\c3cccc(O)c3)o2)c([N+](=O)[O-])c1. The number of hydrogen-bond acceptors (Lipinski definition) is 7. The quantitative estimate of drug-likeness (QED) is 0.358. The number of carbonyl (C=O) groups excluding carboxylic acids is 1. The van der Waals surface area contributed by atoms with Crippen molar-refractivity contribution in [2.45, 2.75) is 13.5 Å². The van der Waals surface area contributed by atoms with Crippen LogP contribution in [0.25, 0.3) is 0 Å². The zero-order chi connectivity index (χ0) is 20.8. The van der Waals surface area contributed by atoms with Crippen LogP contribution in [0.3, 0.4) is 0 Å². The van der Waals surface area contributed by atoms with Crippen molar-refractivity contribution in [3.63, 3.8) is 0 Å². The van der Waals surface area contributed by atoms with Crippen molar-refractivity contribution in [3.8, 4) is 11.5 Å². The molecule has 0 atom stereocenters. The number of ether oxygens (including phenoxy) is 1. The molecule has 9 heteroatoms. The van der Waals surface area contributed by atoms with Crippen molar-refractivity contribution >= 4 is 17.8 Å². The van der Waals surface area contributed by atoms with Gasteiger partial charge in [-0.1, -0.05) is 18.2 Å². The van der Waals surface area contributed by atoms with Crippen molar-refractivity contribution in [1.29, 1.82) is 0 Å². The van der Waals surface area contributed by atoms with Gasteiger partial charge in [0.15, 0.2) is 11.5 Å². The van der Waals surface area contributed by atoms with E-state index in [2.05, 4.69) is 10.5 Å². The number of furan rings is 1. The van der Waals surface area contributed by atoms with Gasteiger partial charge in [-0.15, -0.1) is 0 Å². The zero-order valence-corrected chi connectivity index (χ0v) is 15.4. The third-order valence-corrected chi connectivity index (χ3v) is 3.82. The second kappa shape index (κ2) is 8.70. The van der Waals surface area contributed by atoms with Gasteiger partial charge in [0, 0.05) is 6.07 Å². The molecule has 0 bridgehead atoms. The fourth-order valence-electron chi connectivity index (χ4n) is 2.44. The number of phenols is 1. The Kier molecular flexibility index (Phi) is 5.88. The largest absolute Gasteiger partial charge is 0.508 e. The molecule has 1 heterocycles. The van der Waals surface area contributed by atoms with E-state index in [4.69, 9.17) is 9.15 Å². The van der Waals surface area contributed by atoms with Gasteiger partial charge < -0.3 is 14.3 Å². The lowest BCUT2D eigenvalue weighted by Crippen LogP contribution is -2.16. The molecule has 3 rings (SSSR count). The molecule has 3 aromatic rings. The third-order valence-electron chi connectivity index (χ3n) is 3.82. The van der Waals surface area contributed by atoms with Crippen LogP contribution in [-0.2, 0) is 6.61 Å². The van der Waals surface area contributed by atoms with Crippen LogP contribution in [0.15, 0.2) is 64.1 Å². The van der Waals surface area contributed by atoms with Crippen LogP contribution in [0, 0.1) is 17.0 Å². The molecule has 1 aromatic heterocycles. The topological polar surface area (TPSA) is 127 Å². The minimum absolute atomic E-state index is 0.00932. The lowest BCUT2D eigenvalue weighted by atomic mass is 10.2. The number of nitrogens with one attached hydrogen (secondary N) is 1. The summed E-state index contributed by atoms with van der Waals surface area (Å²) in [4.78, 5) is 22.7. The number of nitro groups is 1. The average molecular weight is 395 g/mol. The van der Waals surface area contributed by atoms with Gasteiger partial charge in [-0.05, 0) is 48.4 Å². The number of aromatic hydroxyl groups is 1. The van der Waals surface area contributed by atoms with Crippen LogP contribution in [0.4, 0.5) is 5.69 Å². The molecule has 0 aliphatic carbocycles. The highest BCUT2D eigenvalue weighted by Gasteiger charge is 2.16. The lowest BCUT2D eigenvalue weighted by molar-refractivity contribution is -0.386. The fourth-order valence-corrected chi connectivity index (χ4v) is 2.44. The van der Waals surface area contributed by atoms with Gasteiger partial charge in [0.25, 0.3) is 0 Å². The van der Waals surface area contributed by atoms with Crippen molar-refractivity contribution in [3.05, 3.63) is 87.4 Å². The molecule has 2 N–H and O–H groups in total. The van der Waals surface area contributed by atoms with Crippen molar-refractivity contribution in [2.24, 2.45) is 5.10 Å². The van der Waals surface area contributed by atoms with E-state index < -0.39 is 10.8 Å². The summed E-state index contributed by atoms with van der Waals surface area (Å²) in [5.74, 6) is -0.0468. The van der Waals surface area contributed by atoms with E-state index in [1.165, 1.54) is 42.6 Å². The summed E-state index contributed by atoms with van der Waals surface area (Å²) < 4.78 is 10.9. The summed E-state index contributed by atoms with van der Waals surface area (Å²) in [6.45, 7) is 1.67. The Morgan fingerprint density at radius 2 is 2.10 bits per heavy atom. The molecule has 2 aromatic carbocycles. The molecule has 0 spiro atoms. The van der Waals surface area contributed by atoms with E-state index in [-0.39, 0.29) is 29.6 Å². The van der Waals surface area contributed by atoms with Crippen LogP contribution < -0.4 is 10.2 Å². The van der Waals surface area contributed by atoms with Crippen LogP contribution in [0.2, 0.25) is 0 Å². The summed E-state index contributed by atoms with van der Waals surface area (Å²) in [6.07, 6.45) is 1.38. The van der Waals surface area contributed by atoms with E-state index in [1.54, 1.807) is 25.1 Å². The molecule has 29 heavy (non-hydrogen) atoms. The van der Waals surface area contributed by atoms with E-state index in [9.17, 15) is 20.0 Å². The molecule has 0 fully saturated rings. The Labute approximate surface area is 165 Å². The molecule has 9 nitrogen and oxygen atoms in total. The number of carbonyl (C=O) groups is 1. The first-order valence-electron chi connectivity index (χ1n) is 8.51. The predicted molar refractivity (Wildman–Crippen MR) is 104 cm³/mol. The van der Waals surface area contributed by atoms with Gasteiger partial charge in [0.2, 0.25) is 0 Å². The van der Waals surface area contributed by atoms with Crippen molar-refractivity contribution in [2.75, 3.05) is 0 Å². The maximum absolute atomic E-state index is 12.1. The molecule has 0 radical (unpaired) electrons. The summed E-state index contributed by atoms with van der Waals surface area (Å²) in [7, 11) is 0. The van der Waals surface area contributed by atoms with E-state index in [1.807, 2.05) is 0 Å². The smallest absolute Gasteiger partial charge is 0.311 e. The predicted octanol–water partition coefficient (Wildman–Crippen LogP) is 3.54. The minimum Gasteiger partial charge on any atom is -0.508 e. The highest BCUT2D eigenvalue weighted by Crippen LogP contribution is 2.28. The third kappa shape index (κ3) is 5.19. The Morgan fingerprint density at radius 1 is 1.28 bits per heavy atom. The molecule has 0 saturated heterocycles. The van der Waals surface area contributed by atoms with Gasteiger partial charge >= 0.3 is 11.6 Å². The number of nitro benzene ring substituents is 1. The first kappa shape index (κ1) is 19.6. The molecule has 0 saturated carbocycles. The molecule has 0 aliphatic rings. The Hall–Kier alpha value is -4.14. The second-order valence-corrected chi connectivity index (χ2v) is 6.08. The number of benzene rings is 2. The standard InChI is InChI=1S/C20H17N3O6/c1-13-5-7-18(17(9-13)23(26)27)28-12-16-6-8-19(29-16)20(25)22-21-11-14-3-2-4-15(24)10-14/h2-11,24H,12H2,1H3,(H,22,25)/b21-11-. The number of hydrogen-bond donors (Lipinski definition) is 2. The fraction of sp³-hybridized carbons (Fsp3) is 0.100. The molecule has 1 amide bonds. The second-order valence-electron chi connectivity index (χ2n) is 6.08. The highest BCUT2D eigenvalue weighted by atomic mass is 16.6. The van der Waals surface area contributed by atoms with E-state index in [0.717, 1.165) is 5.56 Å². The number of amides is 1. The highest BCUT2D eigenvalue weighted by molar-refractivity contribution is 5.92. The molecule has 0 unspecified atom stereocenters. The molecular weight excluding hydrogens is 378 g/mol. The van der Waals surface area contributed by atoms with E-state index in [0.29, 0.717) is 11.3 Å². The molecular formula is C20H17N3O6. The Balaban J connectivity index is 1.59. The zero-order valence-electron chi connectivity index (χ0n) is 15.4. The Morgan fingerprint density at radius 3 is 2.86 bits per heavy atom. The first-order chi connectivity index (χ1) is 13.9. The lowest BCUT2D eigenvalue weighted by Gasteiger charge is -2.05. The van der Waals surface area contributed by atoms with Gasteiger partial charge in [-0.3, -0.25) is 14.9 Å². The maximum atomic E-state index is 12.1. The van der Waals surface area contributed by atoms with Crippen LogP contribution in [0.1, 0.15) is 27.4 Å². The van der Waals surface area contributed by atoms with Crippen molar-refractivity contribution < 1.29 is 24.0 Å². The number of rotatable bonds is 7. The van der Waals surface area contributed by atoms with E-state index >= 15 is 0 Å².